The standard InChI is InChI=1S/C20H24N2O2S/c1-3-18(20(24)21-2)22(14-16-10-6-4-7-11-16)19(23)15-25-17-12-8-5-9-13-17/h4-13,18H,3,14-15H2,1-2H3,(H,21,24). The number of benzene rings is 2. The third kappa shape index (κ3) is 5.64. The summed E-state index contributed by atoms with van der Waals surface area (Å²) in [6.45, 7) is 2.36. The Balaban J connectivity index is 2.14. The summed E-state index contributed by atoms with van der Waals surface area (Å²) in [6, 6.07) is 19.1. The van der Waals surface area contributed by atoms with E-state index in [2.05, 4.69) is 5.32 Å². The second-order valence-electron chi connectivity index (χ2n) is 5.65. The highest BCUT2D eigenvalue weighted by Crippen LogP contribution is 2.20. The van der Waals surface area contributed by atoms with E-state index in [-0.39, 0.29) is 11.8 Å². The van der Waals surface area contributed by atoms with Crippen LogP contribution in [0, 0.1) is 0 Å². The summed E-state index contributed by atoms with van der Waals surface area (Å²) in [4.78, 5) is 27.8. The van der Waals surface area contributed by atoms with Crippen molar-refractivity contribution in [3.63, 3.8) is 0 Å². The molecule has 0 radical (unpaired) electrons. The van der Waals surface area contributed by atoms with Crippen LogP contribution < -0.4 is 5.32 Å². The van der Waals surface area contributed by atoms with Gasteiger partial charge in [0.25, 0.3) is 0 Å². The molecule has 1 atom stereocenters. The van der Waals surface area contributed by atoms with Crippen LogP contribution in [0.2, 0.25) is 0 Å². The number of hydrogen-bond donors (Lipinski definition) is 1. The molecular formula is C20H24N2O2S. The van der Waals surface area contributed by atoms with Gasteiger partial charge in [-0.3, -0.25) is 9.59 Å². The van der Waals surface area contributed by atoms with Crippen LogP contribution in [-0.2, 0) is 16.1 Å². The van der Waals surface area contributed by atoms with Gasteiger partial charge in [-0.2, -0.15) is 0 Å². The van der Waals surface area contributed by atoms with Crippen molar-refractivity contribution in [2.45, 2.75) is 30.8 Å². The number of nitrogens with zero attached hydrogens (tertiary/aromatic N) is 1. The molecule has 2 aromatic rings. The molecule has 0 aliphatic rings. The zero-order valence-corrected chi connectivity index (χ0v) is 15.5. The third-order valence-electron chi connectivity index (χ3n) is 3.93. The summed E-state index contributed by atoms with van der Waals surface area (Å²) < 4.78 is 0. The molecular weight excluding hydrogens is 332 g/mol. The van der Waals surface area contributed by atoms with Crippen LogP contribution >= 0.6 is 11.8 Å². The molecule has 0 spiro atoms. The highest BCUT2D eigenvalue weighted by Gasteiger charge is 2.27. The summed E-state index contributed by atoms with van der Waals surface area (Å²) in [5, 5.41) is 2.67. The second-order valence-corrected chi connectivity index (χ2v) is 6.70. The average Bonchev–Trinajstić information content (AvgIpc) is 2.67. The molecule has 2 aromatic carbocycles. The number of carbonyl (C=O) groups is 2. The number of likely N-dealkylation sites (N-methyl/N-ethyl adjacent to an activating group) is 1. The van der Waals surface area contributed by atoms with Crippen LogP contribution in [0.1, 0.15) is 18.9 Å². The molecule has 1 N–H and O–H groups in total. The number of rotatable bonds is 8. The van der Waals surface area contributed by atoms with Crippen molar-refractivity contribution in [1.29, 1.82) is 0 Å². The van der Waals surface area contributed by atoms with E-state index in [4.69, 9.17) is 0 Å². The SMILES string of the molecule is CCC(C(=O)NC)N(Cc1ccccc1)C(=O)CSc1ccccc1. The molecule has 5 heteroatoms. The van der Waals surface area contributed by atoms with Crippen molar-refractivity contribution in [1.82, 2.24) is 10.2 Å². The number of hydrogen-bond acceptors (Lipinski definition) is 3. The topological polar surface area (TPSA) is 49.4 Å². The normalized spacial score (nSPS) is 11.6. The van der Waals surface area contributed by atoms with E-state index in [1.54, 1.807) is 11.9 Å². The van der Waals surface area contributed by atoms with Gasteiger partial charge in [-0.1, -0.05) is 55.5 Å². The molecule has 0 saturated heterocycles. The summed E-state index contributed by atoms with van der Waals surface area (Å²) in [6.07, 6.45) is 0.578. The fourth-order valence-electron chi connectivity index (χ4n) is 2.61. The Morgan fingerprint density at radius 3 is 2.20 bits per heavy atom. The Labute approximate surface area is 153 Å². The molecule has 0 fully saturated rings. The number of amides is 2. The van der Waals surface area contributed by atoms with Gasteiger partial charge in [0.1, 0.15) is 6.04 Å². The number of nitrogens with one attached hydrogen (secondary N) is 1. The Morgan fingerprint density at radius 1 is 1.04 bits per heavy atom. The predicted octanol–water partition coefficient (Wildman–Crippen LogP) is 3.33. The molecule has 0 saturated carbocycles. The summed E-state index contributed by atoms with van der Waals surface area (Å²) in [5.74, 6) is 0.147. The van der Waals surface area contributed by atoms with E-state index in [1.807, 2.05) is 67.6 Å². The first-order valence-electron chi connectivity index (χ1n) is 8.38. The van der Waals surface area contributed by atoms with Gasteiger partial charge in [0, 0.05) is 18.5 Å². The molecule has 4 nitrogen and oxygen atoms in total. The van der Waals surface area contributed by atoms with Gasteiger partial charge in [-0.05, 0) is 24.1 Å². The molecule has 2 rings (SSSR count). The van der Waals surface area contributed by atoms with E-state index >= 15 is 0 Å². The molecule has 2 amide bonds. The van der Waals surface area contributed by atoms with Crippen molar-refractivity contribution in [2.24, 2.45) is 0 Å². The summed E-state index contributed by atoms with van der Waals surface area (Å²) in [7, 11) is 1.61. The van der Waals surface area contributed by atoms with Crippen LogP contribution in [0.3, 0.4) is 0 Å². The van der Waals surface area contributed by atoms with Crippen molar-refractivity contribution >= 4 is 23.6 Å². The summed E-state index contributed by atoms with van der Waals surface area (Å²) in [5.41, 5.74) is 1.02. The van der Waals surface area contributed by atoms with Crippen molar-refractivity contribution < 1.29 is 9.59 Å². The van der Waals surface area contributed by atoms with Gasteiger partial charge in [-0.25, -0.2) is 0 Å². The maximum atomic E-state index is 12.9. The van der Waals surface area contributed by atoms with Gasteiger partial charge in [-0.15, -0.1) is 11.8 Å². The summed E-state index contributed by atoms with van der Waals surface area (Å²) >= 11 is 1.49. The van der Waals surface area contributed by atoms with Crippen LogP contribution in [0.5, 0.6) is 0 Å². The van der Waals surface area contributed by atoms with Crippen LogP contribution in [0.4, 0.5) is 0 Å². The first kappa shape index (κ1) is 19.1. The Hall–Kier alpha value is -2.27. The largest absolute Gasteiger partial charge is 0.357 e. The molecule has 0 heterocycles. The lowest BCUT2D eigenvalue weighted by Gasteiger charge is -2.30. The highest BCUT2D eigenvalue weighted by molar-refractivity contribution is 8.00. The fraction of sp³-hybridized carbons (Fsp3) is 0.300. The van der Waals surface area contributed by atoms with Gasteiger partial charge in [0.2, 0.25) is 11.8 Å². The fourth-order valence-corrected chi connectivity index (χ4v) is 3.42. The molecule has 0 aromatic heterocycles. The molecule has 0 bridgehead atoms. The first-order valence-corrected chi connectivity index (χ1v) is 9.37. The lowest BCUT2D eigenvalue weighted by molar-refractivity contribution is -0.139. The average molecular weight is 356 g/mol. The predicted molar refractivity (Wildman–Crippen MR) is 102 cm³/mol. The minimum absolute atomic E-state index is 0.0341. The van der Waals surface area contributed by atoms with Crippen molar-refractivity contribution in [3.05, 3.63) is 66.2 Å². The smallest absolute Gasteiger partial charge is 0.242 e. The van der Waals surface area contributed by atoms with E-state index < -0.39 is 6.04 Å². The van der Waals surface area contributed by atoms with E-state index in [9.17, 15) is 9.59 Å². The Morgan fingerprint density at radius 2 is 1.64 bits per heavy atom. The van der Waals surface area contributed by atoms with Crippen molar-refractivity contribution in [2.75, 3.05) is 12.8 Å². The maximum Gasteiger partial charge on any atom is 0.242 e. The van der Waals surface area contributed by atoms with Crippen LogP contribution in [-0.4, -0.2) is 35.6 Å². The number of thioether (sulfide) groups is 1. The first-order chi connectivity index (χ1) is 12.2. The Kier molecular flexibility index (Phi) is 7.54. The monoisotopic (exact) mass is 356 g/mol. The lowest BCUT2D eigenvalue weighted by Crippen LogP contribution is -2.48. The second kappa shape index (κ2) is 9.89. The van der Waals surface area contributed by atoms with Gasteiger partial charge in [0.05, 0.1) is 5.75 Å². The molecule has 132 valence electrons. The van der Waals surface area contributed by atoms with E-state index in [0.29, 0.717) is 18.7 Å². The maximum absolute atomic E-state index is 12.9. The van der Waals surface area contributed by atoms with Gasteiger partial charge in [0.15, 0.2) is 0 Å². The van der Waals surface area contributed by atoms with Gasteiger partial charge >= 0.3 is 0 Å². The van der Waals surface area contributed by atoms with E-state index in [1.165, 1.54) is 11.8 Å². The molecule has 25 heavy (non-hydrogen) atoms. The van der Waals surface area contributed by atoms with Gasteiger partial charge < -0.3 is 10.2 Å². The lowest BCUT2D eigenvalue weighted by atomic mass is 10.1. The van der Waals surface area contributed by atoms with Crippen molar-refractivity contribution in [3.8, 4) is 0 Å². The van der Waals surface area contributed by atoms with Crippen LogP contribution in [0.25, 0.3) is 0 Å². The Bertz CT molecular complexity index is 677. The number of carbonyl (C=O) groups excluding carboxylic acids is 2. The zero-order valence-electron chi connectivity index (χ0n) is 14.6. The quantitative estimate of drug-likeness (QED) is 0.738. The molecule has 1 unspecified atom stereocenters. The van der Waals surface area contributed by atoms with E-state index in [0.717, 1.165) is 10.5 Å². The molecule has 0 aliphatic heterocycles. The minimum Gasteiger partial charge on any atom is -0.357 e. The minimum atomic E-state index is -0.464. The highest BCUT2D eigenvalue weighted by atomic mass is 32.2. The third-order valence-corrected chi connectivity index (χ3v) is 4.93. The van der Waals surface area contributed by atoms with Crippen LogP contribution in [0.15, 0.2) is 65.6 Å². The zero-order chi connectivity index (χ0) is 18.1. The molecule has 0 aliphatic carbocycles.